The fourth-order valence-electron chi connectivity index (χ4n) is 3.54. The lowest BCUT2D eigenvalue weighted by molar-refractivity contribution is 0.270. The molecule has 0 saturated carbocycles. The van der Waals surface area contributed by atoms with Gasteiger partial charge < -0.3 is 14.2 Å². The zero-order chi connectivity index (χ0) is 21.3. The van der Waals surface area contributed by atoms with Crippen LogP contribution in [0.25, 0.3) is 11.1 Å². The van der Waals surface area contributed by atoms with Crippen LogP contribution < -0.4 is 15.4 Å². The van der Waals surface area contributed by atoms with Crippen LogP contribution in [0.15, 0.2) is 50.6 Å². The normalized spacial score (nSPS) is 15.7. The van der Waals surface area contributed by atoms with Crippen LogP contribution in [0.2, 0.25) is 0 Å². The zero-order valence-corrected chi connectivity index (χ0v) is 17.9. The molecule has 1 aromatic carbocycles. The summed E-state index contributed by atoms with van der Waals surface area (Å²) in [4.78, 5) is 20.8. The number of sulfonamides is 1. The summed E-state index contributed by atoms with van der Waals surface area (Å²) in [5.74, 6) is 0.372. The smallest absolute Gasteiger partial charge is 0.408 e. The number of piperazine rings is 1. The molecule has 1 N–H and O–H groups in total. The monoisotopic (exact) mass is 431 g/mol. The topological polar surface area (TPSA) is 101 Å². The van der Waals surface area contributed by atoms with E-state index in [9.17, 15) is 13.2 Å². The van der Waals surface area contributed by atoms with Crippen molar-refractivity contribution < 1.29 is 12.8 Å². The van der Waals surface area contributed by atoms with Gasteiger partial charge in [-0.25, -0.2) is 22.9 Å². The second-order valence-electron chi connectivity index (χ2n) is 7.33. The molecular formula is C20H25N5O4S. The number of pyridine rings is 1. The molecule has 4 rings (SSSR count). The third-order valence-electron chi connectivity index (χ3n) is 5.49. The molecule has 0 spiro atoms. The summed E-state index contributed by atoms with van der Waals surface area (Å²) >= 11 is 0. The number of hydrogen-bond donors (Lipinski definition) is 1. The predicted octanol–water partition coefficient (Wildman–Crippen LogP) is 1.15. The number of hydrogen-bond acceptors (Lipinski definition) is 7. The Hall–Kier alpha value is -2.69. The van der Waals surface area contributed by atoms with Crippen molar-refractivity contribution in [3.05, 3.63) is 52.6 Å². The summed E-state index contributed by atoms with van der Waals surface area (Å²) in [6.07, 6.45) is 1.70. The van der Waals surface area contributed by atoms with Gasteiger partial charge in [-0.05, 0) is 30.3 Å². The molecule has 0 amide bonds. The van der Waals surface area contributed by atoms with Gasteiger partial charge in [-0.15, -0.1) is 0 Å². The van der Waals surface area contributed by atoms with E-state index in [0.29, 0.717) is 5.52 Å². The maximum Gasteiger partial charge on any atom is 0.419 e. The summed E-state index contributed by atoms with van der Waals surface area (Å²) in [5.41, 5.74) is 1.54. The third-order valence-corrected chi connectivity index (χ3v) is 6.89. The first kappa shape index (κ1) is 20.6. The van der Waals surface area contributed by atoms with Crippen LogP contribution in [0.4, 0.5) is 5.82 Å². The highest BCUT2D eigenvalue weighted by Crippen LogP contribution is 2.19. The number of likely N-dealkylation sites (N-methyl/N-ethyl adjacent to an activating group) is 1. The summed E-state index contributed by atoms with van der Waals surface area (Å²) in [6, 6.07) is 8.18. The van der Waals surface area contributed by atoms with Gasteiger partial charge in [0, 0.05) is 52.0 Å². The van der Waals surface area contributed by atoms with E-state index in [4.69, 9.17) is 4.42 Å². The maximum absolute atomic E-state index is 12.6. The van der Waals surface area contributed by atoms with Crippen molar-refractivity contribution in [1.29, 1.82) is 0 Å². The minimum absolute atomic E-state index is 0.0442. The summed E-state index contributed by atoms with van der Waals surface area (Å²) in [6.45, 7) is 7.25. The van der Waals surface area contributed by atoms with Crippen LogP contribution in [0.3, 0.4) is 0 Å². The molecule has 0 bridgehead atoms. The van der Waals surface area contributed by atoms with Gasteiger partial charge >= 0.3 is 5.76 Å². The van der Waals surface area contributed by atoms with Crippen LogP contribution in [-0.2, 0) is 23.6 Å². The number of fused-ring (bicyclic) bond motifs is 1. The molecule has 9 nitrogen and oxygen atoms in total. The van der Waals surface area contributed by atoms with Gasteiger partial charge in [0.1, 0.15) is 5.82 Å². The fourth-order valence-corrected chi connectivity index (χ4v) is 4.58. The molecule has 30 heavy (non-hydrogen) atoms. The van der Waals surface area contributed by atoms with Crippen molar-refractivity contribution in [3.8, 4) is 0 Å². The van der Waals surface area contributed by atoms with E-state index in [1.165, 1.54) is 16.7 Å². The average molecular weight is 432 g/mol. The van der Waals surface area contributed by atoms with Crippen molar-refractivity contribution in [2.24, 2.45) is 7.05 Å². The average Bonchev–Trinajstić information content (AvgIpc) is 3.06. The number of rotatable bonds is 6. The first-order valence-corrected chi connectivity index (χ1v) is 11.4. The standard InChI is InChI=1S/C20H25N5O4S/c1-3-24-8-10-25(11-9-24)19-7-4-15(13-21-19)14-22-30(27,28)16-5-6-17-18(12-16)29-20(26)23(17)2/h4-7,12-13,22H,3,8-11,14H2,1-2H3. The van der Waals surface area contributed by atoms with E-state index in [2.05, 4.69) is 26.4 Å². The predicted molar refractivity (Wildman–Crippen MR) is 114 cm³/mol. The number of benzene rings is 1. The lowest BCUT2D eigenvalue weighted by atomic mass is 10.2. The second kappa shape index (κ2) is 8.21. The van der Waals surface area contributed by atoms with Crippen molar-refractivity contribution in [3.63, 3.8) is 0 Å². The molecule has 1 aliphatic heterocycles. The molecule has 2 aromatic heterocycles. The lowest BCUT2D eigenvalue weighted by Crippen LogP contribution is -2.46. The summed E-state index contributed by atoms with van der Waals surface area (Å²) in [5, 5.41) is 0. The van der Waals surface area contributed by atoms with Gasteiger partial charge in [-0.3, -0.25) is 4.57 Å². The molecule has 0 unspecified atom stereocenters. The maximum atomic E-state index is 12.6. The second-order valence-corrected chi connectivity index (χ2v) is 9.09. The van der Waals surface area contributed by atoms with E-state index >= 15 is 0 Å². The highest BCUT2D eigenvalue weighted by molar-refractivity contribution is 7.89. The Morgan fingerprint density at radius 2 is 1.90 bits per heavy atom. The molecule has 0 atom stereocenters. The molecule has 3 heterocycles. The Bertz CT molecular complexity index is 1190. The van der Waals surface area contributed by atoms with Crippen LogP contribution in [-0.4, -0.2) is 55.6 Å². The van der Waals surface area contributed by atoms with Crippen LogP contribution in [0.1, 0.15) is 12.5 Å². The number of aromatic nitrogens is 2. The number of nitrogens with one attached hydrogen (secondary N) is 1. The van der Waals surface area contributed by atoms with E-state index in [1.807, 2.05) is 12.1 Å². The van der Waals surface area contributed by atoms with Gasteiger partial charge in [0.15, 0.2) is 5.58 Å². The molecule has 1 fully saturated rings. The van der Waals surface area contributed by atoms with Crippen LogP contribution in [0.5, 0.6) is 0 Å². The quantitative estimate of drug-likeness (QED) is 0.625. The summed E-state index contributed by atoms with van der Waals surface area (Å²) < 4.78 is 34.3. The molecule has 3 aromatic rings. The summed E-state index contributed by atoms with van der Waals surface area (Å²) in [7, 11) is -2.19. The van der Waals surface area contributed by atoms with E-state index in [1.54, 1.807) is 19.3 Å². The SMILES string of the molecule is CCN1CCN(c2ccc(CNS(=O)(=O)c3ccc4c(c3)oc(=O)n4C)cn2)CC1. The van der Waals surface area contributed by atoms with Gasteiger partial charge in [0.25, 0.3) is 0 Å². The third kappa shape index (κ3) is 4.11. The van der Waals surface area contributed by atoms with Crippen molar-refractivity contribution in [1.82, 2.24) is 19.2 Å². The van der Waals surface area contributed by atoms with Gasteiger partial charge in [0.2, 0.25) is 10.0 Å². The molecule has 0 radical (unpaired) electrons. The Morgan fingerprint density at radius 3 is 2.57 bits per heavy atom. The van der Waals surface area contributed by atoms with Crippen LogP contribution >= 0.6 is 0 Å². The number of anilines is 1. The van der Waals surface area contributed by atoms with Crippen molar-refractivity contribution in [2.45, 2.75) is 18.4 Å². The fraction of sp³-hybridized carbons (Fsp3) is 0.400. The van der Waals surface area contributed by atoms with Gasteiger partial charge in [0.05, 0.1) is 10.4 Å². The minimum Gasteiger partial charge on any atom is -0.408 e. The minimum atomic E-state index is -3.76. The molecule has 1 saturated heterocycles. The van der Waals surface area contributed by atoms with Crippen LogP contribution in [0, 0.1) is 0 Å². The van der Waals surface area contributed by atoms with E-state index in [-0.39, 0.29) is 17.0 Å². The van der Waals surface area contributed by atoms with Gasteiger partial charge in [-0.1, -0.05) is 13.0 Å². The molecule has 10 heteroatoms. The first-order valence-electron chi connectivity index (χ1n) is 9.89. The highest BCUT2D eigenvalue weighted by Gasteiger charge is 2.18. The largest absolute Gasteiger partial charge is 0.419 e. The van der Waals surface area contributed by atoms with E-state index in [0.717, 1.165) is 44.1 Å². The number of nitrogens with zero attached hydrogens (tertiary/aromatic N) is 4. The molecule has 160 valence electrons. The van der Waals surface area contributed by atoms with Crippen molar-refractivity contribution in [2.75, 3.05) is 37.6 Å². The highest BCUT2D eigenvalue weighted by atomic mass is 32.2. The Morgan fingerprint density at radius 1 is 1.13 bits per heavy atom. The van der Waals surface area contributed by atoms with E-state index < -0.39 is 15.8 Å². The number of aryl methyl sites for hydroxylation is 1. The molecule has 1 aliphatic rings. The Labute approximate surface area is 175 Å². The number of oxazole rings is 1. The van der Waals surface area contributed by atoms with Crippen molar-refractivity contribution >= 4 is 26.9 Å². The molecule has 0 aliphatic carbocycles. The van der Waals surface area contributed by atoms with Gasteiger partial charge in [-0.2, -0.15) is 0 Å². The first-order chi connectivity index (χ1) is 14.4. The Balaban J connectivity index is 1.42. The Kier molecular flexibility index (Phi) is 5.63. The zero-order valence-electron chi connectivity index (χ0n) is 17.0. The lowest BCUT2D eigenvalue weighted by Gasteiger charge is -2.34. The molecular weight excluding hydrogens is 406 g/mol.